The largest absolute Gasteiger partial charge is 0.573 e. The highest BCUT2D eigenvalue weighted by Crippen LogP contribution is 2.37. The molecule has 0 aromatic heterocycles. The molecule has 0 saturated heterocycles. The second kappa shape index (κ2) is 8.41. The van der Waals surface area contributed by atoms with Crippen LogP contribution in [-0.4, -0.2) is 25.4 Å². The number of alkyl halides is 3. The molecule has 0 radical (unpaired) electrons. The van der Waals surface area contributed by atoms with Crippen molar-refractivity contribution in [3.8, 4) is 11.5 Å². The van der Waals surface area contributed by atoms with Crippen molar-refractivity contribution >= 4 is 39.5 Å². The van der Waals surface area contributed by atoms with E-state index in [1.54, 1.807) is 18.2 Å². The summed E-state index contributed by atoms with van der Waals surface area (Å²) >= 11 is 4.84. The number of carbonyl (C=O) groups excluding carboxylic acids is 1. The topological polar surface area (TPSA) is 59.6 Å². The van der Waals surface area contributed by atoms with Gasteiger partial charge in [-0.15, -0.1) is 13.2 Å². The van der Waals surface area contributed by atoms with Crippen LogP contribution in [0.25, 0.3) is 0 Å². The van der Waals surface area contributed by atoms with Crippen LogP contribution in [-0.2, 0) is 11.2 Å². The molecule has 2 aromatic carbocycles. The Hall–Kier alpha value is -1.91. The number of hydrogen-bond donors (Lipinski definition) is 2. The van der Waals surface area contributed by atoms with E-state index in [4.69, 9.17) is 4.74 Å². The summed E-state index contributed by atoms with van der Waals surface area (Å²) in [5.41, 5.74) is 1.50. The normalized spacial score (nSPS) is 13.6. The highest BCUT2D eigenvalue weighted by molar-refractivity contribution is 9.10. The van der Waals surface area contributed by atoms with Crippen LogP contribution in [0.1, 0.15) is 5.56 Å². The van der Waals surface area contributed by atoms with Crippen LogP contribution in [0.4, 0.5) is 18.9 Å². The fourth-order valence-electron chi connectivity index (χ4n) is 2.34. The van der Waals surface area contributed by atoms with Gasteiger partial charge in [0, 0.05) is 15.9 Å². The summed E-state index contributed by atoms with van der Waals surface area (Å²) in [5.74, 6) is 0.167. The lowest BCUT2D eigenvalue weighted by Crippen LogP contribution is -2.25. The molecular weight excluding hydrogens is 449 g/mol. The summed E-state index contributed by atoms with van der Waals surface area (Å²) in [6.45, 7) is 0.589. The Kier molecular flexibility index (Phi) is 6.18. The fraction of sp³-hybridized carbons (Fsp3) is 0.235. The van der Waals surface area contributed by atoms with Gasteiger partial charge in [-0.2, -0.15) is 0 Å². The van der Waals surface area contributed by atoms with Gasteiger partial charge >= 0.3 is 6.36 Å². The third-order valence-corrected chi connectivity index (χ3v) is 5.35. The predicted molar refractivity (Wildman–Crippen MR) is 99.0 cm³/mol. The molecule has 0 spiro atoms. The van der Waals surface area contributed by atoms with E-state index in [1.165, 1.54) is 24.1 Å². The first-order chi connectivity index (χ1) is 12.8. The molecule has 10 heteroatoms. The van der Waals surface area contributed by atoms with E-state index in [0.29, 0.717) is 24.4 Å². The van der Waals surface area contributed by atoms with Crippen molar-refractivity contribution in [3.05, 3.63) is 46.4 Å². The first kappa shape index (κ1) is 19.8. The van der Waals surface area contributed by atoms with Gasteiger partial charge in [-0.1, -0.05) is 12.1 Å². The van der Waals surface area contributed by atoms with Gasteiger partial charge < -0.3 is 14.8 Å². The number of carbonyl (C=O) groups is 1. The zero-order valence-electron chi connectivity index (χ0n) is 13.7. The second-order valence-corrected chi connectivity index (χ2v) is 7.34. The first-order valence-corrected chi connectivity index (χ1v) is 9.42. The summed E-state index contributed by atoms with van der Waals surface area (Å²) in [7, 11) is 0. The minimum absolute atomic E-state index is 0.0137. The summed E-state index contributed by atoms with van der Waals surface area (Å²) in [5, 5.41) is 2.73. The van der Waals surface area contributed by atoms with Crippen molar-refractivity contribution in [2.75, 3.05) is 18.5 Å². The molecule has 144 valence electrons. The van der Waals surface area contributed by atoms with Gasteiger partial charge in [-0.25, -0.2) is 0 Å². The number of benzene rings is 2. The minimum Gasteiger partial charge on any atom is -0.482 e. The van der Waals surface area contributed by atoms with E-state index < -0.39 is 6.36 Å². The first-order valence-electron chi connectivity index (χ1n) is 7.81. The number of nitrogens with one attached hydrogen (secondary N) is 2. The second-order valence-electron chi connectivity index (χ2n) is 5.55. The molecule has 0 unspecified atom stereocenters. The molecule has 1 heterocycles. The lowest BCUT2D eigenvalue weighted by atomic mass is 10.1. The summed E-state index contributed by atoms with van der Waals surface area (Å²) in [6, 6.07) is 9.37. The number of fused-ring (bicyclic) bond motifs is 1. The quantitative estimate of drug-likeness (QED) is 0.488. The molecule has 0 aliphatic carbocycles. The van der Waals surface area contributed by atoms with E-state index >= 15 is 0 Å². The Labute approximate surface area is 165 Å². The molecule has 0 atom stereocenters. The van der Waals surface area contributed by atoms with Gasteiger partial charge in [-0.05, 0) is 64.1 Å². The Morgan fingerprint density at radius 3 is 2.70 bits per heavy atom. The zero-order valence-corrected chi connectivity index (χ0v) is 16.1. The number of rotatable bonds is 6. The summed E-state index contributed by atoms with van der Waals surface area (Å²) in [4.78, 5) is 12.2. The van der Waals surface area contributed by atoms with Crippen molar-refractivity contribution in [2.45, 2.75) is 17.7 Å². The SMILES string of the molecule is O=C1COc2cc(SNCCc3ccc(OC(F)(F)F)cc3)c(Br)cc2N1. The Morgan fingerprint density at radius 1 is 1.26 bits per heavy atom. The minimum atomic E-state index is -4.69. The van der Waals surface area contributed by atoms with Crippen LogP contribution >= 0.6 is 27.9 Å². The van der Waals surface area contributed by atoms with Gasteiger partial charge in [0.2, 0.25) is 0 Å². The van der Waals surface area contributed by atoms with Gasteiger partial charge in [0.05, 0.1) is 5.69 Å². The average Bonchev–Trinajstić information content (AvgIpc) is 2.59. The molecule has 1 amide bonds. The third kappa shape index (κ3) is 5.78. The molecule has 27 heavy (non-hydrogen) atoms. The Morgan fingerprint density at radius 2 is 2.00 bits per heavy atom. The van der Waals surface area contributed by atoms with E-state index in [9.17, 15) is 18.0 Å². The van der Waals surface area contributed by atoms with Crippen LogP contribution in [0.5, 0.6) is 11.5 Å². The maximum Gasteiger partial charge on any atom is 0.573 e. The number of halogens is 4. The maximum absolute atomic E-state index is 12.1. The summed E-state index contributed by atoms with van der Waals surface area (Å²) < 4.78 is 49.6. The van der Waals surface area contributed by atoms with Gasteiger partial charge in [-0.3, -0.25) is 9.52 Å². The van der Waals surface area contributed by atoms with E-state index in [0.717, 1.165) is 14.9 Å². The Balaban J connectivity index is 1.50. The molecule has 0 saturated carbocycles. The molecule has 2 N–H and O–H groups in total. The van der Waals surface area contributed by atoms with Crippen molar-refractivity contribution in [1.82, 2.24) is 4.72 Å². The van der Waals surface area contributed by atoms with Gasteiger partial charge in [0.15, 0.2) is 6.61 Å². The molecule has 0 fully saturated rings. The van der Waals surface area contributed by atoms with Crippen molar-refractivity contribution in [3.63, 3.8) is 0 Å². The average molecular weight is 463 g/mol. The lowest BCUT2D eigenvalue weighted by Gasteiger charge is -2.19. The highest BCUT2D eigenvalue weighted by atomic mass is 79.9. The molecule has 2 aromatic rings. The monoisotopic (exact) mass is 462 g/mol. The van der Waals surface area contributed by atoms with Crippen LogP contribution in [0.15, 0.2) is 45.8 Å². The number of ether oxygens (including phenoxy) is 2. The van der Waals surface area contributed by atoms with E-state index in [-0.39, 0.29) is 18.3 Å². The van der Waals surface area contributed by atoms with Crippen LogP contribution in [0, 0.1) is 0 Å². The van der Waals surface area contributed by atoms with E-state index in [2.05, 4.69) is 30.7 Å². The molecule has 5 nitrogen and oxygen atoms in total. The lowest BCUT2D eigenvalue weighted by molar-refractivity contribution is -0.274. The molecule has 1 aliphatic heterocycles. The molecule has 3 rings (SSSR count). The van der Waals surface area contributed by atoms with Crippen LogP contribution in [0.2, 0.25) is 0 Å². The van der Waals surface area contributed by atoms with Crippen LogP contribution in [0.3, 0.4) is 0 Å². The molecular formula is C17H14BrF3N2O3S. The number of amides is 1. The highest BCUT2D eigenvalue weighted by Gasteiger charge is 2.30. The fourth-order valence-corrected chi connectivity index (χ4v) is 3.61. The standard InChI is InChI=1S/C17H14BrF3N2O3S/c18-12-7-13-14(25-9-16(24)23-13)8-15(12)27-22-6-5-10-1-3-11(4-2-10)26-17(19,20)21/h1-4,7-8,22H,5-6,9H2,(H,23,24). The molecule has 1 aliphatic rings. The number of anilines is 1. The third-order valence-electron chi connectivity index (χ3n) is 3.52. The van der Waals surface area contributed by atoms with Crippen molar-refractivity contribution in [2.24, 2.45) is 0 Å². The Bertz CT molecular complexity index is 831. The maximum atomic E-state index is 12.1. The zero-order chi connectivity index (χ0) is 19.4. The van der Waals surface area contributed by atoms with E-state index in [1.807, 2.05) is 6.07 Å². The molecule has 0 bridgehead atoms. The summed E-state index contributed by atoms with van der Waals surface area (Å²) in [6.07, 6.45) is -4.05. The smallest absolute Gasteiger partial charge is 0.482 e. The van der Waals surface area contributed by atoms with Crippen LogP contribution < -0.4 is 19.5 Å². The van der Waals surface area contributed by atoms with Gasteiger partial charge in [0.25, 0.3) is 5.91 Å². The van der Waals surface area contributed by atoms with Crippen molar-refractivity contribution in [1.29, 1.82) is 0 Å². The van der Waals surface area contributed by atoms with Crippen molar-refractivity contribution < 1.29 is 27.4 Å². The van der Waals surface area contributed by atoms with Gasteiger partial charge in [0.1, 0.15) is 11.5 Å². The predicted octanol–water partition coefficient (Wildman–Crippen LogP) is 4.52. The number of hydrogen-bond acceptors (Lipinski definition) is 5.